The van der Waals surface area contributed by atoms with Crippen LogP contribution in [0.15, 0.2) is 35.0 Å². The lowest BCUT2D eigenvalue weighted by Crippen LogP contribution is -2.34. The summed E-state index contributed by atoms with van der Waals surface area (Å²) < 4.78 is 46.7. The Morgan fingerprint density at radius 2 is 2.00 bits per heavy atom. The normalized spacial score (nSPS) is 12.5. The van der Waals surface area contributed by atoms with Gasteiger partial charge in [0.2, 0.25) is 5.91 Å². The van der Waals surface area contributed by atoms with E-state index in [9.17, 15) is 18.0 Å². The highest BCUT2D eigenvalue weighted by Crippen LogP contribution is 2.30. The molecule has 1 N–H and O–H groups in total. The molecule has 0 radical (unpaired) electrons. The molecule has 4 nitrogen and oxygen atoms in total. The Morgan fingerprint density at radius 3 is 2.63 bits per heavy atom. The number of benzene rings is 1. The van der Waals surface area contributed by atoms with Crippen molar-refractivity contribution in [2.75, 3.05) is 13.7 Å². The summed E-state index contributed by atoms with van der Waals surface area (Å²) in [5.41, 5.74) is 1.97. The molecular formula is C19H22F3NO3S. The Hall–Kier alpha value is -2.22. The van der Waals surface area contributed by atoms with Crippen LogP contribution in [0.1, 0.15) is 24.5 Å². The molecule has 27 heavy (non-hydrogen) atoms. The number of nitrogens with one attached hydrogen (secondary N) is 1. The van der Waals surface area contributed by atoms with E-state index in [1.807, 2.05) is 18.4 Å². The number of carbonyl (C=O) groups excluding carboxylic acids is 1. The van der Waals surface area contributed by atoms with Gasteiger partial charge in [0, 0.05) is 12.5 Å². The van der Waals surface area contributed by atoms with Gasteiger partial charge in [-0.2, -0.15) is 24.5 Å². The zero-order valence-electron chi connectivity index (χ0n) is 15.1. The van der Waals surface area contributed by atoms with Gasteiger partial charge in [-0.1, -0.05) is 6.07 Å². The first-order chi connectivity index (χ1) is 12.8. The minimum absolute atomic E-state index is 0.0208. The summed E-state index contributed by atoms with van der Waals surface area (Å²) in [6, 6.07) is 6.71. The van der Waals surface area contributed by atoms with E-state index in [0.717, 1.165) is 12.0 Å². The summed E-state index contributed by atoms with van der Waals surface area (Å²) in [6.45, 7) is 0.568. The maximum absolute atomic E-state index is 12.3. The minimum Gasteiger partial charge on any atom is -0.493 e. The van der Waals surface area contributed by atoms with Crippen LogP contribution in [0.2, 0.25) is 0 Å². The third kappa shape index (κ3) is 7.50. The Morgan fingerprint density at radius 1 is 1.22 bits per heavy atom. The quantitative estimate of drug-likeness (QED) is 0.679. The zero-order chi connectivity index (χ0) is 19.9. The largest absolute Gasteiger partial charge is 0.493 e. The number of halogens is 3. The first-order valence-electron chi connectivity index (χ1n) is 8.43. The maximum atomic E-state index is 12.3. The molecule has 0 saturated carbocycles. The highest BCUT2D eigenvalue weighted by Gasteiger charge is 2.29. The van der Waals surface area contributed by atoms with Gasteiger partial charge in [-0.25, -0.2) is 0 Å². The SMILES string of the molecule is COc1cc(CCC(=O)NC(C)Cc2ccsc2)ccc1OCC(F)(F)F. The van der Waals surface area contributed by atoms with Crippen LogP contribution in [-0.2, 0) is 17.6 Å². The third-order valence-electron chi connectivity index (χ3n) is 3.79. The standard InChI is InChI=1S/C19H22F3NO3S/c1-13(9-15-7-8-27-11-15)23-18(24)6-4-14-3-5-16(17(10-14)25-2)26-12-19(20,21)22/h3,5,7-8,10-11,13H,4,6,9,12H2,1-2H3,(H,23,24). The fourth-order valence-electron chi connectivity index (χ4n) is 2.56. The van der Waals surface area contributed by atoms with Crippen molar-refractivity contribution in [1.82, 2.24) is 5.32 Å². The van der Waals surface area contributed by atoms with E-state index in [1.54, 1.807) is 23.5 Å². The van der Waals surface area contributed by atoms with E-state index in [1.165, 1.54) is 18.7 Å². The van der Waals surface area contributed by atoms with Crippen LogP contribution in [0.4, 0.5) is 13.2 Å². The van der Waals surface area contributed by atoms with E-state index in [0.29, 0.717) is 6.42 Å². The molecule has 1 amide bonds. The van der Waals surface area contributed by atoms with E-state index >= 15 is 0 Å². The summed E-state index contributed by atoms with van der Waals surface area (Å²) in [4.78, 5) is 12.1. The highest BCUT2D eigenvalue weighted by atomic mass is 32.1. The van der Waals surface area contributed by atoms with Crippen molar-refractivity contribution in [3.8, 4) is 11.5 Å². The van der Waals surface area contributed by atoms with Crippen LogP contribution in [0.3, 0.4) is 0 Å². The van der Waals surface area contributed by atoms with Crippen LogP contribution < -0.4 is 14.8 Å². The van der Waals surface area contributed by atoms with E-state index in [-0.39, 0.29) is 29.9 Å². The molecule has 1 atom stereocenters. The van der Waals surface area contributed by atoms with Gasteiger partial charge >= 0.3 is 6.18 Å². The van der Waals surface area contributed by atoms with Gasteiger partial charge in [0.15, 0.2) is 18.1 Å². The van der Waals surface area contributed by atoms with Gasteiger partial charge in [0.25, 0.3) is 0 Å². The molecule has 0 saturated heterocycles. The number of hydrogen-bond donors (Lipinski definition) is 1. The van der Waals surface area contributed by atoms with Crippen molar-refractivity contribution in [1.29, 1.82) is 0 Å². The van der Waals surface area contributed by atoms with Gasteiger partial charge in [-0.05, 0) is 59.9 Å². The molecular weight excluding hydrogens is 379 g/mol. The van der Waals surface area contributed by atoms with Crippen LogP contribution in [0, 0.1) is 0 Å². The Labute approximate surface area is 160 Å². The summed E-state index contributed by atoms with van der Waals surface area (Å²) in [7, 11) is 1.36. The van der Waals surface area contributed by atoms with Gasteiger partial charge in [-0.15, -0.1) is 0 Å². The molecule has 1 heterocycles. The molecule has 0 fully saturated rings. The molecule has 0 bridgehead atoms. The van der Waals surface area contributed by atoms with Crippen LogP contribution in [0.5, 0.6) is 11.5 Å². The lowest BCUT2D eigenvalue weighted by atomic mass is 10.1. The number of ether oxygens (including phenoxy) is 2. The topological polar surface area (TPSA) is 47.6 Å². The molecule has 1 aromatic carbocycles. The lowest BCUT2D eigenvalue weighted by Gasteiger charge is -2.15. The predicted octanol–water partition coefficient (Wildman–Crippen LogP) is 4.38. The Bertz CT molecular complexity index is 732. The number of hydrogen-bond acceptors (Lipinski definition) is 4. The minimum atomic E-state index is -4.42. The summed E-state index contributed by atoms with van der Waals surface area (Å²) >= 11 is 1.62. The van der Waals surface area contributed by atoms with Crippen LogP contribution in [-0.4, -0.2) is 31.8 Å². The number of aryl methyl sites for hydroxylation is 1. The molecule has 0 aliphatic heterocycles. The molecule has 0 aliphatic rings. The molecule has 0 spiro atoms. The smallest absolute Gasteiger partial charge is 0.422 e. The van der Waals surface area contributed by atoms with Gasteiger partial charge < -0.3 is 14.8 Å². The molecule has 8 heteroatoms. The first kappa shape index (κ1) is 21.1. The second kappa shape index (κ2) is 9.64. The molecule has 2 rings (SSSR count). The number of methoxy groups -OCH3 is 1. The molecule has 2 aromatic rings. The average Bonchev–Trinajstić information content (AvgIpc) is 3.10. The Kier molecular flexibility index (Phi) is 7.53. The zero-order valence-corrected chi connectivity index (χ0v) is 16.0. The van der Waals surface area contributed by atoms with Crippen molar-refractivity contribution in [3.05, 3.63) is 46.2 Å². The summed E-state index contributed by atoms with van der Waals surface area (Å²) in [5.74, 6) is 0.157. The fraction of sp³-hybridized carbons (Fsp3) is 0.421. The summed E-state index contributed by atoms with van der Waals surface area (Å²) in [6.07, 6.45) is -2.91. The number of alkyl halides is 3. The van der Waals surface area contributed by atoms with E-state index < -0.39 is 12.8 Å². The van der Waals surface area contributed by atoms with Gasteiger partial charge in [-0.3, -0.25) is 4.79 Å². The van der Waals surface area contributed by atoms with Gasteiger partial charge in [0.05, 0.1) is 7.11 Å². The third-order valence-corrected chi connectivity index (χ3v) is 4.52. The van der Waals surface area contributed by atoms with Crippen molar-refractivity contribution < 1.29 is 27.4 Å². The second-order valence-corrected chi connectivity index (χ2v) is 6.97. The maximum Gasteiger partial charge on any atom is 0.422 e. The number of carbonyl (C=O) groups is 1. The molecule has 1 aromatic heterocycles. The number of thiophene rings is 1. The van der Waals surface area contributed by atoms with E-state index in [2.05, 4.69) is 10.7 Å². The van der Waals surface area contributed by atoms with Gasteiger partial charge in [0.1, 0.15) is 0 Å². The monoisotopic (exact) mass is 401 g/mol. The number of rotatable bonds is 9. The van der Waals surface area contributed by atoms with Crippen molar-refractivity contribution >= 4 is 17.2 Å². The molecule has 0 aliphatic carbocycles. The summed E-state index contributed by atoms with van der Waals surface area (Å²) in [5, 5.41) is 7.00. The molecule has 1 unspecified atom stereocenters. The first-order valence-corrected chi connectivity index (χ1v) is 9.38. The van der Waals surface area contributed by atoms with Crippen LogP contribution in [0.25, 0.3) is 0 Å². The second-order valence-electron chi connectivity index (χ2n) is 6.19. The Balaban J connectivity index is 1.84. The highest BCUT2D eigenvalue weighted by molar-refractivity contribution is 7.07. The molecule has 148 valence electrons. The average molecular weight is 401 g/mol. The van der Waals surface area contributed by atoms with E-state index in [4.69, 9.17) is 9.47 Å². The van der Waals surface area contributed by atoms with Crippen molar-refractivity contribution in [2.45, 2.75) is 38.4 Å². The lowest BCUT2D eigenvalue weighted by molar-refractivity contribution is -0.153. The fourth-order valence-corrected chi connectivity index (χ4v) is 3.25. The van der Waals surface area contributed by atoms with Crippen molar-refractivity contribution in [2.24, 2.45) is 0 Å². The van der Waals surface area contributed by atoms with Crippen molar-refractivity contribution in [3.63, 3.8) is 0 Å². The number of amides is 1. The van der Waals surface area contributed by atoms with Crippen LogP contribution >= 0.6 is 11.3 Å². The predicted molar refractivity (Wildman–Crippen MR) is 98.5 cm³/mol.